The third-order valence-corrected chi connectivity index (χ3v) is 5.10. The molecule has 1 amide bonds. The predicted octanol–water partition coefficient (Wildman–Crippen LogP) is 4.24. The summed E-state index contributed by atoms with van der Waals surface area (Å²) in [5, 5.41) is 11.9. The summed E-state index contributed by atoms with van der Waals surface area (Å²) in [5.41, 5.74) is 2.50. The number of aromatic nitrogens is 4. The number of halogens is 1. The van der Waals surface area contributed by atoms with E-state index in [-0.39, 0.29) is 11.7 Å². The largest absolute Gasteiger partial charge is 0.325 e. The number of anilines is 1. The van der Waals surface area contributed by atoms with Crippen molar-refractivity contribution in [3.05, 3.63) is 84.4 Å². The second-order valence-corrected chi connectivity index (χ2v) is 7.34. The van der Waals surface area contributed by atoms with Gasteiger partial charge in [0.1, 0.15) is 5.82 Å². The molecule has 0 aliphatic rings. The van der Waals surface area contributed by atoms with Crippen LogP contribution in [0.3, 0.4) is 0 Å². The normalized spacial score (nSPS) is 10.8. The number of thioether (sulfide) groups is 1. The topological polar surface area (TPSA) is 64.7 Å². The number of aryl methyl sites for hydroxylation is 1. The minimum absolute atomic E-state index is 0.115. The Bertz CT molecular complexity index is 1120. The Morgan fingerprint density at radius 3 is 2.55 bits per heavy atom. The lowest BCUT2D eigenvalue weighted by Gasteiger charge is -2.11. The van der Waals surface area contributed by atoms with Crippen LogP contribution in [0.15, 0.2) is 78.2 Å². The number of hydrogen-bond donors (Lipinski definition) is 1. The Morgan fingerprint density at radius 2 is 1.83 bits per heavy atom. The quantitative estimate of drug-likeness (QED) is 0.486. The van der Waals surface area contributed by atoms with E-state index in [0.717, 1.165) is 11.1 Å². The van der Waals surface area contributed by atoms with Gasteiger partial charge in [-0.15, -0.1) is 10.2 Å². The Hall–Kier alpha value is -3.39. The molecular formula is C21H18FN5OS. The highest BCUT2D eigenvalue weighted by Crippen LogP contribution is 2.25. The first-order chi connectivity index (χ1) is 14.1. The minimum atomic E-state index is -0.398. The monoisotopic (exact) mass is 407 g/mol. The van der Waals surface area contributed by atoms with Crippen LogP contribution in [-0.2, 0) is 4.79 Å². The van der Waals surface area contributed by atoms with Crippen molar-refractivity contribution in [1.82, 2.24) is 19.5 Å². The van der Waals surface area contributed by atoms with E-state index in [9.17, 15) is 9.18 Å². The zero-order chi connectivity index (χ0) is 20.2. The minimum Gasteiger partial charge on any atom is -0.325 e. The van der Waals surface area contributed by atoms with Gasteiger partial charge in [-0.2, -0.15) is 0 Å². The van der Waals surface area contributed by atoms with Gasteiger partial charge in [-0.05, 0) is 37.3 Å². The van der Waals surface area contributed by atoms with Crippen LogP contribution in [0.2, 0.25) is 0 Å². The average Bonchev–Trinajstić information content (AvgIpc) is 3.36. The van der Waals surface area contributed by atoms with Crippen molar-refractivity contribution < 1.29 is 9.18 Å². The van der Waals surface area contributed by atoms with Crippen LogP contribution in [0.4, 0.5) is 10.1 Å². The van der Waals surface area contributed by atoms with Crippen molar-refractivity contribution in [2.75, 3.05) is 11.1 Å². The van der Waals surface area contributed by atoms with Crippen molar-refractivity contribution in [2.45, 2.75) is 12.1 Å². The van der Waals surface area contributed by atoms with E-state index >= 15 is 0 Å². The van der Waals surface area contributed by atoms with Crippen LogP contribution in [0.5, 0.6) is 0 Å². The standard InChI is InChI=1S/C21H18FN5OS/c1-15-7-9-16(10-8-15)20-24-25-21(27(20)26-11-2-3-12-26)29-14-19(28)23-18-6-4-5-17(22)13-18/h2-13H,14H2,1H3,(H,23,28). The fraction of sp³-hybridized carbons (Fsp3) is 0.0952. The Balaban J connectivity index is 1.56. The van der Waals surface area contributed by atoms with Gasteiger partial charge in [-0.25, -0.2) is 9.07 Å². The molecule has 0 atom stereocenters. The molecule has 29 heavy (non-hydrogen) atoms. The molecule has 2 aromatic heterocycles. The number of rotatable bonds is 6. The molecule has 0 saturated heterocycles. The molecule has 0 unspecified atom stereocenters. The summed E-state index contributed by atoms with van der Waals surface area (Å²) in [7, 11) is 0. The highest BCUT2D eigenvalue weighted by atomic mass is 32.2. The third-order valence-electron chi connectivity index (χ3n) is 4.18. The highest BCUT2D eigenvalue weighted by Gasteiger charge is 2.17. The van der Waals surface area contributed by atoms with E-state index in [1.807, 2.05) is 65.1 Å². The molecule has 0 saturated carbocycles. The van der Waals surface area contributed by atoms with E-state index in [1.165, 1.54) is 23.9 Å². The number of nitrogens with one attached hydrogen (secondary N) is 1. The molecule has 4 aromatic rings. The molecule has 0 fully saturated rings. The molecule has 4 rings (SSSR count). The molecule has 0 spiro atoms. The van der Waals surface area contributed by atoms with Gasteiger partial charge < -0.3 is 5.32 Å². The van der Waals surface area contributed by atoms with Gasteiger partial charge in [0.05, 0.1) is 5.75 Å². The fourth-order valence-corrected chi connectivity index (χ4v) is 3.53. The SMILES string of the molecule is Cc1ccc(-c2nnc(SCC(=O)Nc3cccc(F)c3)n2-n2cccc2)cc1. The van der Waals surface area contributed by atoms with Gasteiger partial charge in [-0.3, -0.25) is 9.47 Å². The summed E-state index contributed by atoms with van der Waals surface area (Å²) in [6, 6.07) is 17.6. The van der Waals surface area contributed by atoms with Crippen molar-refractivity contribution in [3.8, 4) is 11.4 Å². The smallest absolute Gasteiger partial charge is 0.234 e. The lowest BCUT2D eigenvalue weighted by atomic mass is 10.1. The Morgan fingerprint density at radius 1 is 1.07 bits per heavy atom. The van der Waals surface area contributed by atoms with Crippen LogP contribution in [0.25, 0.3) is 11.4 Å². The first-order valence-corrected chi connectivity index (χ1v) is 9.93. The van der Waals surface area contributed by atoms with Crippen molar-refractivity contribution >= 4 is 23.4 Å². The molecule has 146 valence electrons. The second-order valence-electron chi connectivity index (χ2n) is 6.39. The first kappa shape index (κ1) is 18.9. The van der Waals surface area contributed by atoms with Gasteiger partial charge >= 0.3 is 0 Å². The summed E-state index contributed by atoms with van der Waals surface area (Å²) in [5.74, 6) is 0.142. The maximum absolute atomic E-state index is 13.3. The van der Waals surface area contributed by atoms with Gasteiger partial charge in [0.2, 0.25) is 11.1 Å². The number of carbonyl (C=O) groups excluding carboxylic acids is 1. The number of carbonyl (C=O) groups is 1. The molecule has 6 nitrogen and oxygen atoms in total. The van der Waals surface area contributed by atoms with Crippen LogP contribution in [-0.4, -0.2) is 31.2 Å². The maximum atomic E-state index is 13.3. The van der Waals surface area contributed by atoms with E-state index < -0.39 is 5.82 Å². The lowest BCUT2D eigenvalue weighted by Crippen LogP contribution is -2.16. The predicted molar refractivity (Wildman–Crippen MR) is 111 cm³/mol. The average molecular weight is 407 g/mol. The molecule has 0 aliphatic carbocycles. The van der Waals surface area contributed by atoms with Crippen LogP contribution in [0, 0.1) is 12.7 Å². The lowest BCUT2D eigenvalue weighted by molar-refractivity contribution is -0.113. The zero-order valence-corrected chi connectivity index (χ0v) is 16.4. The zero-order valence-electron chi connectivity index (χ0n) is 15.6. The fourth-order valence-electron chi connectivity index (χ4n) is 2.80. The van der Waals surface area contributed by atoms with Crippen LogP contribution < -0.4 is 5.32 Å². The van der Waals surface area contributed by atoms with Gasteiger partial charge in [0.25, 0.3) is 0 Å². The Kier molecular flexibility index (Phi) is 5.44. The first-order valence-electron chi connectivity index (χ1n) is 8.94. The molecule has 8 heteroatoms. The molecule has 0 bridgehead atoms. The second kappa shape index (κ2) is 8.32. The summed E-state index contributed by atoms with van der Waals surface area (Å²) in [6.45, 7) is 2.03. The summed E-state index contributed by atoms with van der Waals surface area (Å²) in [4.78, 5) is 12.3. The summed E-state index contributed by atoms with van der Waals surface area (Å²) < 4.78 is 17.0. The van der Waals surface area contributed by atoms with E-state index in [2.05, 4.69) is 15.5 Å². The van der Waals surface area contributed by atoms with Crippen LogP contribution in [0.1, 0.15) is 5.56 Å². The number of amides is 1. The maximum Gasteiger partial charge on any atom is 0.234 e. The summed E-state index contributed by atoms with van der Waals surface area (Å²) >= 11 is 1.26. The number of benzene rings is 2. The van der Waals surface area contributed by atoms with Crippen LogP contribution >= 0.6 is 11.8 Å². The highest BCUT2D eigenvalue weighted by molar-refractivity contribution is 7.99. The van der Waals surface area contributed by atoms with E-state index in [1.54, 1.807) is 12.1 Å². The molecule has 0 aliphatic heterocycles. The molecule has 0 radical (unpaired) electrons. The van der Waals surface area contributed by atoms with Gasteiger partial charge in [-0.1, -0.05) is 47.7 Å². The van der Waals surface area contributed by atoms with Gasteiger partial charge in [0.15, 0.2) is 5.82 Å². The Labute approximate surface area is 171 Å². The molecule has 2 aromatic carbocycles. The van der Waals surface area contributed by atoms with Crippen molar-refractivity contribution in [1.29, 1.82) is 0 Å². The molecule has 2 heterocycles. The van der Waals surface area contributed by atoms with Gasteiger partial charge in [0, 0.05) is 23.6 Å². The molecule has 1 N–H and O–H groups in total. The third kappa shape index (κ3) is 4.38. The van der Waals surface area contributed by atoms with Crippen molar-refractivity contribution in [2.24, 2.45) is 0 Å². The number of hydrogen-bond acceptors (Lipinski definition) is 4. The van der Waals surface area contributed by atoms with E-state index in [4.69, 9.17) is 0 Å². The molecular weight excluding hydrogens is 389 g/mol. The van der Waals surface area contributed by atoms with E-state index in [0.29, 0.717) is 16.7 Å². The summed E-state index contributed by atoms with van der Waals surface area (Å²) in [6.07, 6.45) is 3.77. The van der Waals surface area contributed by atoms with Crippen molar-refractivity contribution in [3.63, 3.8) is 0 Å². The number of nitrogens with zero attached hydrogens (tertiary/aromatic N) is 4.